The summed E-state index contributed by atoms with van der Waals surface area (Å²) < 4.78 is 6.08. The third-order valence-electron chi connectivity index (χ3n) is 4.59. The van der Waals surface area contributed by atoms with E-state index in [4.69, 9.17) is 21.3 Å². The van der Waals surface area contributed by atoms with Gasteiger partial charge in [-0.05, 0) is 61.2 Å². The van der Waals surface area contributed by atoms with Gasteiger partial charge in [0.1, 0.15) is 19.5 Å². The predicted octanol–water partition coefficient (Wildman–Crippen LogP) is 3.11. The van der Waals surface area contributed by atoms with Crippen LogP contribution in [0.4, 0.5) is 10.5 Å². The molecule has 0 fully saturated rings. The van der Waals surface area contributed by atoms with Gasteiger partial charge in [0.15, 0.2) is 0 Å². The van der Waals surface area contributed by atoms with E-state index in [1.54, 1.807) is 6.07 Å². The zero-order valence-corrected chi connectivity index (χ0v) is 17.6. The summed E-state index contributed by atoms with van der Waals surface area (Å²) in [4.78, 5) is 17.0. The average Bonchev–Trinajstić information content (AvgIpc) is 2.71. The summed E-state index contributed by atoms with van der Waals surface area (Å²) in [5.74, 6) is 12.3. The number of hydrogen-bond donors (Lipinski definition) is 2. The van der Waals surface area contributed by atoms with Gasteiger partial charge in [-0.2, -0.15) is 0 Å². The summed E-state index contributed by atoms with van der Waals surface area (Å²) in [5.41, 5.74) is 5.14. The van der Waals surface area contributed by atoms with Crippen LogP contribution in [0.2, 0.25) is 0 Å². The number of urea groups is 1. The minimum absolute atomic E-state index is 0.264. The first kappa shape index (κ1) is 22.2. The van der Waals surface area contributed by atoms with Crippen LogP contribution in [0.1, 0.15) is 36.1 Å². The van der Waals surface area contributed by atoms with Gasteiger partial charge in [-0.25, -0.2) is 21.5 Å². The van der Waals surface area contributed by atoms with E-state index in [-0.39, 0.29) is 6.61 Å². The molecule has 0 aliphatic heterocycles. The van der Waals surface area contributed by atoms with Crippen LogP contribution in [-0.2, 0) is 17.9 Å². The molecule has 0 spiro atoms. The van der Waals surface area contributed by atoms with Crippen LogP contribution in [0, 0.1) is 6.92 Å². The largest absolute Gasteiger partial charge is 0.489 e. The SMILES string of the molecule is CCc1cccc(N(N)C(=O)N(C)N)c1COc1ccc(/C(C)=N/OC)cc1C. The highest BCUT2D eigenvalue weighted by atomic mass is 16.6. The number of rotatable bonds is 7. The van der Waals surface area contributed by atoms with Crippen molar-refractivity contribution in [2.24, 2.45) is 16.8 Å². The lowest BCUT2D eigenvalue weighted by molar-refractivity contribution is 0.213. The topological polar surface area (TPSA) is 106 Å². The number of hydrogen-bond acceptors (Lipinski definition) is 6. The fourth-order valence-electron chi connectivity index (χ4n) is 2.99. The first-order chi connectivity index (χ1) is 13.8. The Morgan fingerprint density at radius 2 is 1.93 bits per heavy atom. The molecule has 0 saturated heterocycles. The lowest BCUT2D eigenvalue weighted by Crippen LogP contribution is -2.49. The maximum absolute atomic E-state index is 12.2. The Bertz CT molecular complexity index is 896. The summed E-state index contributed by atoms with van der Waals surface area (Å²) >= 11 is 0. The Kier molecular flexibility index (Phi) is 7.58. The van der Waals surface area contributed by atoms with Crippen LogP contribution in [0.25, 0.3) is 0 Å². The molecule has 0 heterocycles. The first-order valence-corrected chi connectivity index (χ1v) is 9.29. The van der Waals surface area contributed by atoms with Crippen LogP contribution in [0.5, 0.6) is 5.75 Å². The molecule has 4 N–H and O–H groups in total. The molecule has 0 saturated carbocycles. The van der Waals surface area contributed by atoms with Gasteiger partial charge in [-0.3, -0.25) is 5.01 Å². The second-order valence-electron chi connectivity index (χ2n) is 6.66. The van der Waals surface area contributed by atoms with Crippen LogP contribution in [-0.4, -0.2) is 30.9 Å². The van der Waals surface area contributed by atoms with Crippen molar-refractivity contribution in [3.8, 4) is 5.75 Å². The van der Waals surface area contributed by atoms with Crippen molar-refractivity contribution >= 4 is 17.4 Å². The van der Waals surface area contributed by atoms with Crippen molar-refractivity contribution < 1.29 is 14.4 Å². The number of hydrazine groups is 2. The standard InChI is InChI=1S/C21H29N5O3/c1-6-16-8-7-9-19(26(23)21(27)25(4)22)18(16)13-29-20-11-10-17(12-14(20)2)15(3)24-28-5/h7-12H,6,13,22-23H2,1-5H3/b24-15+. The zero-order chi connectivity index (χ0) is 21.6. The average molecular weight is 399 g/mol. The van der Waals surface area contributed by atoms with Gasteiger partial charge in [-0.1, -0.05) is 24.2 Å². The van der Waals surface area contributed by atoms with Crippen molar-refractivity contribution in [1.29, 1.82) is 0 Å². The number of carbonyl (C=O) groups is 1. The van der Waals surface area contributed by atoms with Crippen molar-refractivity contribution in [3.63, 3.8) is 0 Å². The molecular formula is C21H29N5O3. The minimum Gasteiger partial charge on any atom is -0.489 e. The van der Waals surface area contributed by atoms with Gasteiger partial charge in [0.2, 0.25) is 0 Å². The van der Waals surface area contributed by atoms with E-state index in [0.29, 0.717) is 5.69 Å². The summed E-state index contributed by atoms with van der Waals surface area (Å²) in [6.45, 7) is 6.15. The highest BCUT2D eigenvalue weighted by molar-refractivity contribution is 5.98. The minimum atomic E-state index is -0.520. The number of ether oxygens (including phenoxy) is 1. The fourth-order valence-corrected chi connectivity index (χ4v) is 2.99. The van der Waals surface area contributed by atoms with E-state index < -0.39 is 6.03 Å². The Morgan fingerprint density at radius 1 is 1.21 bits per heavy atom. The van der Waals surface area contributed by atoms with Gasteiger partial charge >= 0.3 is 6.03 Å². The lowest BCUT2D eigenvalue weighted by Gasteiger charge is -2.24. The maximum atomic E-state index is 12.2. The van der Waals surface area contributed by atoms with Gasteiger partial charge in [0.05, 0.1) is 11.4 Å². The fraction of sp³-hybridized carbons (Fsp3) is 0.333. The summed E-state index contributed by atoms with van der Waals surface area (Å²) in [5, 5.41) is 5.93. The number of nitrogens with zero attached hydrogens (tertiary/aromatic N) is 3. The highest BCUT2D eigenvalue weighted by Gasteiger charge is 2.19. The van der Waals surface area contributed by atoms with E-state index in [2.05, 4.69) is 5.16 Å². The third-order valence-corrected chi connectivity index (χ3v) is 4.59. The van der Waals surface area contributed by atoms with Crippen LogP contribution >= 0.6 is 0 Å². The number of aryl methyl sites for hydroxylation is 2. The molecular weight excluding hydrogens is 370 g/mol. The summed E-state index contributed by atoms with van der Waals surface area (Å²) in [7, 11) is 2.96. The Hall–Kier alpha value is -3.10. The van der Waals surface area contributed by atoms with Crippen molar-refractivity contribution in [3.05, 3.63) is 58.7 Å². The molecule has 0 aliphatic rings. The third kappa shape index (κ3) is 5.24. The van der Waals surface area contributed by atoms with Crippen LogP contribution in [0.15, 0.2) is 41.6 Å². The van der Waals surface area contributed by atoms with Gasteiger partial charge in [-0.15, -0.1) is 0 Å². The molecule has 0 aliphatic carbocycles. The van der Waals surface area contributed by atoms with Crippen molar-refractivity contribution in [2.75, 3.05) is 19.2 Å². The number of carbonyl (C=O) groups excluding carboxylic acids is 1. The lowest BCUT2D eigenvalue weighted by atomic mass is 10.0. The Labute approximate surface area is 171 Å². The second-order valence-corrected chi connectivity index (χ2v) is 6.66. The number of nitrogens with two attached hydrogens (primary N) is 2. The predicted molar refractivity (Wildman–Crippen MR) is 115 cm³/mol. The molecule has 0 radical (unpaired) electrons. The van der Waals surface area contributed by atoms with E-state index in [0.717, 1.165) is 50.2 Å². The maximum Gasteiger partial charge on any atom is 0.352 e. The van der Waals surface area contributed by atoms with Gasteiger partial charge < -0.3 is 9.57 Å². The second kappa shape index (κ2) is 9.90. The van der Waals surface area contributed by atoms with Crippen LogP contribution < -0.4 is 21.4 Å². The molecule has 29 heavy (non-hydrogen) atoms. The highest BCUT2D eigenvalue weighted by Crippen LogP contribution is 2.27. The number of amides is 2. The van der Waals surface area contributed by atoms with Crippen LogP contribution in [0.3, 0.4) is 0 Å². The first-order valence-electron chi connectivity index (χ1n) is 9.29. The normalized spacial score (nSPS) is 11.2. The molecule has 8 heteroatoms. The number of oxime groups is 1. The van der Waals surface area contributed by atoms with Crippen molar-refractivity contribution in [2.45, 2.75) is 33.8 Å². The molecule has 2 aromatic carbocycles. The molecule has 2 amide bonds. The molecule has 0 bridgehead atoms. The van der Waals surface area contributed by atoms with E-state index in [9.17, 15) is 4.79 Å². The van der Waals surface area contributed by atoms with Crippen molar-refractivity contribution in [1.82, 2.24) is 5.01 Å². The van der Waals surface area contributed by atoms with E-state index in [1.165, 1.54) is 14.2 Å². The zero-order valence-electron chi connectivity index (χ0n) is 17.6. The van der Waals surface area contributed by atoms with Gasteiger partial charge in [0, 0.05) is 12.6 Å². The molecule has 2 aromatic rings. The molecule has 156 valence electrons. The number of anilines is 1. The molecule has 0 unspecified atom stereocenters. The van der Waals surface area contributed by atoms with Gasteiger partial charge in [0.25, 0.3) is 0 Å². The Morgan fingerprint density at radius 3 is 2.52 bits per heavy atom. The molecule has 2 rings (SSSR count). The number of benzene rings is 2. The Balaban J connectivity index is 2.30. The molecule has 0 aromatic heterocycles. The van der Waals surface area contributed by atoms with E-state index >= 15 is 0 Å². The monoisotopic (exact) mass is 399 g/mol. The molecule has 0 atom stereocenters. The molecule has 8 nitrogen and oxygen atoms in total. The summed E-state index contributed by atoms with van der Waals surface area (Å²) in [6, 6.07) is 10.9. The smallest absolute Gasteiger partial charge is 0.352 e. The quantitative estimate of drug-likeness (QED) is 0.322. The van der Waals surface area contributed by atoms with E-state index in [1.807, 2.05) is 51.1 Å². The summed E-state index contributed by atoms with van der Waals surface area (Å²) in [6.07, 6.45) is 0.775.